The highest BCUT2D eigenvalue weighted by atomic mass is 16.6. The van der Waals surface area contributed by atoms with Crippen LogP contribution < -0.4 is 14.8 Å². The molecule has 98 valence electrons. The smallest absolute Gasteiger partial charge is 0.414 e. The summed E-state index contributed by atoms with van der Waals surface area (Å²) in [7, 11) is 1.43. The van der Waals surface area contributed by atoms with Gasteiger partial charge in [-0.1, -0.05) is 0 Å². The average molecular weight is 254 g/mol. The molecule has 1 aromatic rings. The van der Waals surface area contributed by atoms with Crippen LogP contribution in [0.3, 0.4) is 0 Å². The summed E-state index contributed by atoms with van der Waals surface area (Å²) in [5.74, 6) is -0.187. The van der Waals surface area contributed by atoms with Gasteiger partial charge < -0.3 is 19.5 Å². The van der Waals surface area contributed by atoms with Crippen LogP contribution in [0.25, 0.3) is 0 Å². The van der Waals surface area contributed by atoms with E-state index in [0.29, 0.717) is 5.75 Å². The number of carbonyl (C=O) groups is 2. The quantitative estimate of drug-likeness (QED) is 0.780. The van der Waals surface area contributed by atoms with Gasteiger partial charge in [0.05, 0.1) is 13.7 Å². The minimum absolute atomic E-state index is 0.0290. The summed E-state index contributed by atoms with van der Waals surface area (Å²) in [5, 5.41) is 2.24. The maximum atomic E-state index is 11.4. The highest BCUT2D eigenvalue weighted by molar-refractivity contribution is 5.78. The van der Waals surface area contributed by atoms with Gasteiger partial charge in [0.1, 0.15) is 6.54 Å². The van der Waals surface area contributed by atoms with Crippen molar-refractivity contribution in [2.45, 2.75) is 6.92 Å². The summed E-state index contributed by atoms with van der Waals surface area (Å²) in [6.45, 7) is 1.67. The molecule has 1 heterocycles. The Morgan fingerprint density at radius 2 is 2.22 bits per heavy atom. The highest BCUT2D eigenvalue weighted by Crippen LogP contribution is 2.22. The third-order valence-corrected chi connectivity index (χ3v) is 1.83. The van der Waals surface area contributed by atoms with Crippen molar-refractivity contribution in [2.75, 3.05) is 20.3 Å². The molecule has 0 atom stereocenters. The molecule has 0 spiro atoms. The number of methoxy groups -OCH3 is 1. The first-order chi connectivity index (χ1) is 8.67. The van der Waals surface area contributed by atoms with E-state index < -0.39 is 12.1 Å². The monoisotopic (exact) mass is 254 g/mol. The molecule has 1 amide bonds. The molecular formula is C11H14N2O5. The molecule has 0 bridgehead atoms. The lowest BCUT2D eigenvalue weighted by atomic mass is 10.4. The van der Waals surface area contributed by atoms with Crippen LogP contribution in [0.15, 0.2) is 18.3 Å². The molecule has 0 aliphatic rings. The number of rotatable bonds is 5. The fraction of sp³-hybridized carbons (Fsp3) is 0.364. The number of ether oxygens (including phenoxy) is 3. The molecule has 18 heavy (non-hydrogen) atoms. The van der Waals surface area contributed by atoms with Crippen molar-refractivity contribution in [1.29, 1.82) is 0 Å². The van der Waals surface area contributed by atoms with Gasteiger partial charge in [-0.3, -0.25) is 4.79 Å². The Hall–Kier alpha value is -2.31. The predicted octanol–water partition coefficient (Wildman–Crippen LogP) is 0.742. The number of carbonyl (C=O) groups excluding carboxylic acids is 2. The van der Waals surface area contributed by atoms with E-state index >= 15 is 0 Å². The summed E-state index contributed by atoms with van der Waals surface area (Å²) >= 11 is 0. The molecule has 0 saturated carbocycles. The lowest BCUT2D eigenvalue weighted by Gasteiger charge is -2.08. The van der Waals surface area contributed by atoms with Gasteiger partial charge in [0.25, 0.3) is 5.88 Å². The molecule has 0 aromatic carbocycles. The van der Waals surface area contributed by atoms with Crippen LogP contribution >= 0.6 is 0 Å². The number of amides is 1. The van der Waals surface area contributed by atoms with Crippen LogP contribution in [-0.2, 0) is 9.53 Å². The standard InChI is InChI=1S/C11H14N2O5/c1-3-17-9(14)7-13-11(15)18-10-8(16-2)5-4-6-12-10/h4-6H,3,7H2,1-2H3,(H,13,15). The van der Waals surface area contributed by atoms with Gasteiger partial charge >= 0.3 is 12.1 Å². The Balaban J connectivity index is 2.47. The minimum Gasteiger partial charge on any atom is -0.491 e. The summed E-state index contributed by atoms with van der Waals surface area (Å²) in [4.78, 5) is 26.2. The van der Waals surface area contributed by atoms with Gasteiger partial charge in [-0.05, 0) is 19.1 Å². The Morgan fingerprint density at radius 3 is 2.89 bits per heavy atom. The van der Waals surface area contributed by atoms with Crippen LogP contribution in [0.5, 0.6) is 11.6 Å². The fourth-order valence-corrected chi connectivity index (χ4v) is 1.09. The number of nitrogens with zero attached hydrogens (tertiary/aromatic N) is 1. The van der Waals surface area contributed by atoms with E-state index in [9.17, 15) is 9.59 Å². The Bertz CT molecular complexity index is 422. The van der Waals surface area contributed by atoms with Crippen LogP contribution in [-0.4, -0.2) is 37.3 Å². The molecule has 1 rings (SSSR count). The molecule has 7 heteroatoms. The van der Waals surface area contributed by atoms with Crippen molar-refractivity contribution in [3.8, 4) is 11.6 Å². The lowest BCUT2D eigenvalue weighted by Crippen LogP contribution is -2.33. The molecule has 1 N–H and O–H groups in total. The number of esters is 1. The van der Waals surface area contributed by atoms with E-state index in [-0.39, 0.29) is 19.0 Å². The maximum absolute atomic E-state index is 11.4. The van der Waals surface area contributed by atoms with Gasteiger partial charge in [0.15, 0.2) is 5.75 Å². The highest BCUT2D eigenvalue weighted by Gasteiger charge is 2.11. The van der Waals surface area contributed by atoms with Crippen molar-refractivity contribution in [3.05, 3.63) is 18.3 Å². The normalized spacial score (nSPS) is 9.44. The van der Waals surface area contributed by atoms with Crippen LogP contribution in [0.2, 0.25) is 0 Å². The third kappa shape index (κ3) is 4.28. The number of nitrogens with one attached hydrogen (secondary N) is 1. The topological polar surface area (TPSA) is 86.8 Å². The van der Waals surface area contributed by atoms with E-state index in [2.05, 4.69) is 15.0 Å². The molecule has 0 aliphatic heterocycles. The Labute approximate surface area is 104 Å². The van der Waals surface area contributed by atoms with Gasteiger partial charge in [-0.25, -0.2) is 9.78 Å². The second-order valence-electron chi connectivity index (χ2n) is 3.06. The molecule has 0 saturated heterocycles. The van der Waals surface area contributed by atoms with E-state index in [0.717, 1.165) is 0 Å². The predicted molar refractivity (Wildman–Crippen MR) is 61.4 cm³/mol. The summed E-state index contributed by atoms with van der Waals surface area (Å²) in [6, 6.07) is 3.24. The zero-order valence-electron chi connectivity index (χ0n) is 10.1. The first-order valence-corrected chi connectivity index (χ1v) is 5.27. The van der Waals surface area contributed by atoms with Crippen molar-refractivity contribution in [2.24, 2.45) is 0 Å². The minimum atomic E-state index is -0.806. The summed E-state index contributed by atoms with van der Waals surface area (Å²) < 4.78 is 14.5. The SMILES string of the molecule is CCOC(=O)CNC(=O)Oc1ncccc1OC. The van der Waals surface area contributed by atoms with Gasteiger partial charge in [-0.15, -0.1) is 0 Å². The lowest BCUT2D eigenvalue weighted by molar-refractivity contribution is -0.141. The van der Waals surface area contributed by atoms with E-state index in [1.807, 2.05) is 0 Å². The number of hydrogen-bond donors (Lipinski definition) is 1. The van der Waals surface area contributed by atoms with Crippen LogP contribution in [0, 0.1) is 0 Å². The fourth-order valence-electron chi connectivity index (χ4n) is 1.09. The summed E-state index contributed by atoms with van der Waals surface area (Å²) in [6.07, 6.45) is 0.649. The largest absolute Gasteiger partial charge is 0.491 e. The summed E-state index contributed by atoms with van der Waals surface area (Å²) in [5.41, 5.74) is 0. The molecular weight excluding hydrogens is 240 g/mol. The van der Waals surface area contributed by atoms with Crippen molar-refractivity contribution in [1.82, 2.24) is 10.3 Å². The maximum Gasteiger partial charge on any atom is 0.414 e. The zero-order chi connectivity index (χ0) is 13.4. The van der Waals surface area contributed by atoms with E-state index in [1.165, 1.54) is 13.3 Å². The number of aromatic nitrogens is 1. The van der Waals surface area contributed by atoms with Crippen molar-refractivity contribution >= 4 is 12.1 Å². The third-order valence-electron chi connectivity index (χ3n) is 1.83. The Morgan fingerprint density at radius 1 is 1.44 bits per heavy atom. The van der Waals surface area contributed by atoms with E-state index in [4.69, 9.17) is 9.47 Å². The zero-order valence-corrected chi connectivity index (χ0v) is 10.1. The second-order valence-corrected chi connectivity index (χ2v) is 3.06. The second kappa shape index (κ2) is 7.10. The molecule has 0 radical (unpaired) electrons. The van der Waals surface area contributed by atoms with Crippen LogP contribution in [0.4, 0.5) is 4.79 Å². The van der Waals surface area contributed by atoms with Crippen molar-refractivity contribution in [3.63, 3.8) is 0 Å². The molecule has 0 unspecified atom stereocenters. The molecule has 0 aliphatic carbocycles. The average Bonchev–Trinajstić information content (AvgIpc) is 2.37. The first kappa shape index (κ1) is 13.8. The molecule has 1 aromatic heterocycles. The molecule has 7 nitrogen and oxygen atoms in total. The molecule has 0 fully saturated rings. The van der Waals surface area contributed by atoms with Crippen LogP contribution in [0.1, 0.15) is 6.92 Å². The van der Waals surface area contributed by atoms with E-state index in [1.54, 1.807) is 19.1 Å². The van der Waals surface area contributed by atoms with Gasteiger partial charge in [0, 0.05) is 6.20 Å². The van der Waals surface area contributed by atoms with Crippen molar-refractivity contribution < 1.29 is 23.8 Å². The number of pyridine rings is 1. The van der Waals surface area contributed by atoms with Gasteiger partial charge in [0.2, 0.25) is 0 Å². The number of hydrogen-bond acceptors (Lipinski definition) is 6. The van der Waals surface area contributed by atoms with Gasteiger partial charge in [-0.2, -0.15) is 0 Å². The Kier molecular flexibility index (Phi) is 5.43. The first-order valence-electron chi connectivity index (χ1n) is 5.27.